The molecule has 7 heteroatoms. The predicted octanol–water partition coefficient (Wildman–Crippen LogP) is 7.22. The van der Waals surface area contributed by atoms with Crippen molar-refractivity contribution < 1.29 is 14.7 Å². The Labute approximate surface area is 219 Å². The summed E-state index contributed by atoms with van der Waals surface area (Å²) in [6.45, 7) is 8.82. The number of carbonyl (C=O) groups excluding carboxylic acids is 1. The quantitative estimate of drug-likeness (QED) is 0.351. The molecule has 36 heavy (non-hydrogen) atoms. The van der Waals surface area contributed by atoms with Crippen molar-refractivity contribution in [3.63, 3.8) is 0 Å². The first-order valence-corrected chi connectivity index (χ1v) is 13.5. The number of anilines is 1. The number of amides is 1. The zero-order valence-corrected chi connectivity index (χ0v) is 22.6. The van der Waals surface area contributed by atoms with Crippen LogP contribution in [0, 0.1) is 18.3 Å². The zero-order valence-electron chi connectivity index (χ0n) is 21.8. The molecule has 1 unspecified atom stereocenters. The van der Waals surface area contributed by atoms with Crippen LogP contribution in [0.3, 0.4) is 0 Å². The van der Waals surface area contributed by atoms with Gasteiger partial charge in [-0.2, -0.15) is 0 Å². The van der Waals surface area contributed by atoms with Gasteiger partial charge >= 0.3 is 5.97 Å². The Bertz CT molecular complexity index is 1120. The summed E-state index contributed by atoms with van der Waals surface area (Å²) in [6.07, 6.45) is 7.82. The summed E-state index contributed by atoms with van der Waals surface area (Å²) >= 11 is 6.32. The lowest BCUT2D eigenvalue weighted by Gasteiger charge is -2.39. The van der Waals surface area contributed by atoms with E-state index in [1.807, 2.05) is 19.1 Å². The highest BCUT2D eigenvalue weighted by atomic mass is 35.5. The molecule has 4 rings (SSSR count). The monoisotopic (exact) mass is 511 g/mol. The maximum Gasteiger partial charge on any atom is 0.303 e. The minimum Gasteiger partial charge on any atom is -0.481 e. The molecular weight excluding hydrogens is 474 g/mol. The Morgan fingerprint density at radius 1 is 1.17 bits per heavy atom. The third-order valence-corrected chi connectivity index (χ3v) is 7.69. The predicted molar refractivity (Wildman–Crippen MR) is 143 cm³/mol. The van der Waals surface area contributed by atoms with Crippen molar-refractivity contribution in [1.82, 2.24) is 9.97 Å². The number of hydrogen-bond donors (Lipinski definition) is 2. The summed E-state index contributed by atoms with van der Waals surface area (Å²) < 4.78 is 0. The van der Waals surface area contributed by atoms with Crippen LogP contribution in [0.25, 0.3) is 0 Å². The Kier molecular flexibility index (Phi) is 8.03. The first-order chi connectivity index (χ1) is 17.0. The van der Waals surface area contributed by atoms with Gasteiger partial charge in [0, 0.05) is 24.7 Å². The van der Waals surface area contributed by atoms with Crippen LogP contribution in [-0.2, 0) is 9.59 Å². The molecule has 1 heterocycles. The first kappa shape index (κ1) is 26.6. The molecule has 2 saturated carbocycles. The maximum absolute atomic E-state index is 13.1. The van der Waals surface area contributed by atoms with Crippen molar-refractivity contribution in [3.05, 3.63) is 52.1 Å². The molecule has 1 amide bonds. The molecule has 2 aliphatic rings. The van der Waals surface area contributed by atoms with Gasteiger partial charge in [0.25, 0.3) is 0 Å². The number of benzene rings is 1. The van der Waals surface area contributed by atoms with Gasteiger partial charge in [-0.05, 0) is 86.0 Å². The molecule has 1 aromatic heterocycles. The summed E-state index contributed by atoms with van der Waals surface area (Å²) in [5, 5.41) is 12.8. The van der Waals surface area contributed by atoms with Crippen molar-refractivity contribution in [2.75, 3.05) is 5.32 Å². The highest BCUT2D eigenvalue weighted by Gasteiger charge is 2.40. The number of aromatic nitrogens is 2. The average Bonchev–Trinajstić information content (AvgIpc) is 3.59. The van der Waals surface area contributed by atoms with Crippen molar-refractivity contribution in [3.8, 4) is 0 Å². The lowest BCUT2D eigenvalue weighted by Crippen LogP contribution is -2.28. The van der Waals surface area contributed by atoms with Gasteiger partial charge in [0.05, 0.1) is 22.1 Å². The fraction of sp³-hybridized carbons (Fsp3) is 0.586. The van der Waals surface area contributed by atoms with Gasteiger partial charge in [-0.15, -0.1) is 0 Å². The van der Waals surface area contributed by atoms with Gasteiger partial charge in [-0.3, -0.25) is 9.59 Å². The van der Waals surface area contributed by atoms with Crippen LogP contribution in [-0.4, -0.2) is 27.0 Å². The number of carboxylic acid groups (broad SMARTS) is 1. The highest BCUT2D eigenvalue weighted by molar-refractivity contribution is 6.33. The fourth-order valence-electron chi connectivity index (χ4n) is 5.64. The molecule has 1 aromatic carbocycles. The van der Waals surface area contributed by atoms with E-state index in [9.17, 15) is 14.7 Å². The molecule has 0 spiro atoms. The molecule has 0 radical (unpaired) electrons. The molecule has 0 aliphatic heterocycles. The summed E-state index contributed by atoms with van der Waals surface area (Å²) in [5.74, 6) is 0.219. The topological polar surface area (TPSA) is 92.2 Å². The van der Waals surface area contributed by atoms with E-state index in [4.69, 9.17) is 16.6 Å². The highest BCUT2D eigenvalue weighted by Crippen LogP contribution is 2.52. The van der Waals surface area contributed by atoms with Crippen LogP contribution in [0.5, 0.6) is 0 Å². The molecule has 6 nitrogen and oxygen atoms in total. The number of aryl methyl sites for hydroxylation is 1. The number of rotatable bonds is 10. The summed E-state index contributed by atoms with van der Waals surface area (Å²) in [6, 6.07) is 5.51. The first-order valence-electron chi connectivity index (χ1n) is 13.1. The smallest absolute Gasteiger partial charge is 0.303 e. The number of nitrogens with one attached hydrogen (secondary N) is 1. The van der Waals surface area contributed by atoms with E-state index >= 15 is 0 Å². The van der Waals surface area contributed by atoms with Crippen molar-refractivity contribution in [2.24, 2.45) is 11.3 Å². The molecule has 2 N–H and O–H groups in total. The van der Waals surface area contributed by atoms with E-state index in [0.717, 1.165) is 42.6 Å². The maximum atomic E-state index is 13.1. The number of aliphatic carboxylic acids is 1. The van der Waals surface area contributed by atoms with Crippen LogP contribution >= 0.6 is 11.6 Å². The second-order valence-corrected chi connectivity index (χ2v) is 12.4. The third-order valence-electron chi connectivity index (χ3n) is 7.38. The zero-order chi connectivity index (χ0) is 26.0. The molecule has 194 valence electrons. The second-order valence-electron chi connectivity index (χ2n) is 12.0. The molecule has 0 bridgehead atoms. The summed E-state index contributed by atoms with van der Waals surface area (Å²) in [7, 11) is 0. The van der Waals surface area contributed by atoms with Crippen LogP contribution < -0.4 is 5.32 Å². The second kappa shape index (κ2) is 10.9. The van der Waals surface area contributed by atoms with Gasteiger partial charge in [0.2, 0.25) is 5.91 Å². The summed E-state index contributed by atoms with van der Waals surface area (Å²) in [5.41, 5.74) is 5.09. The van der Waals surface area contributed by atoms with Gasteiger partial charge in [-0.25, -0.2) is 9.97 Å². The van der Waals surface area contributed by atoms with Gasteiger partial charge < -0.3 is 10.4 Å². The molecular formula is C29H38ClN3O3. The van der Waals surface area contributed by atoms with Crippen LogP contribution in [0.2, 0.25) is 5.02 Å². The molecule has 2 aliphatic carbocycles. The van der Waals surface area contributed by atoms with E-state index in [1.54, 1.807) is 12.4 Å². The number of hydrogen-bond acceptors (Lipinski definition) is 4. The summed E-state index contributed by atoms with van der Waals surface area (Å²) in [4.78, 5) is 34.0. The van der Waals surface area contributed by atoms with Crippen LogP contribution in [0.4, 0.5) is 5.69 Å². The SMILES string of the molecule is Cc1ccc(NC(=O)CC(CCC(=O)O)c2ncnc(C3CC(CC(C)(C)C)C3)c2C2CC2)c(Cl)c1. The molecule has 1 atom stereocenters. The minimum atomic E-state index is -0.867. The van der Waals surface area contributed by atoms with E-state index in [-0.39, 0.29) is 24.7 Å². The molecule has 2 aromatic rings. The Hall–Kier alpha value is -2.47. The largest absolute Gasteiger partial charge is 0.481 e. The Balaban J connectivity index is 1.56. The molecule has 0 saturated heterocycles. The van der Waals surface area contributed by atoms with Crippen molar-refractivity contribution in [1.29, 1.82) is 0 Å². The lowest BCUT2D eigenvalue weighted by atomic mass is 9.66. The van der Waals surface area contributed by atoms with Gasteiger partial charge in [0.15, 0.2) is 0 Å². The third kappa shape index (κ3) is 6.84. The lowest BCUT2D eigenvalue weighted by molar-refractivity contribution is -0.137. The van der Waals surface area contributed by atoms with Crippen molar-refractivity contribution in [2.45, 2.75) is 96.8 Å². The number of carboxylic acids is 1. The fourth-order valence-corrected chi connectivity index (χ4v) is 5.92. The normalized spacial score (nSPS) is 20.5. The standard InChI is InChI=1S/C29H38ClN3O3/c1-17-5-9-23(22(30)11-17)33-24(34)14-20(8-10-25(35)36)27-26(19-6-7-19)28(32-16-31-27)21-12-18(13-21)15-29(2,3)4/h5,9,11,16,18-21H,6-8,10,12-15H2,1-4H3,(H,33,34)(H,35,36). The van der Waals surface area contributed by atoms with E-state index in [1.165, 1.54) is 12.0 Å². The van der Waals surface area contributed by atoms with Crippen LogP contribution in [0.15, 0.2) is 24.5 Å². The van der Waals surface area contributed by atoms with Crippen molar-refractivity contribution >= 4 is 29.2 Å². The minimum absolute atomic E-state index is 0.0102. The van der Waals surface area contributed by atoms with Crippen LogP contribution in [0.1, 0.15) is 112 Å². The molecule has 2 fully saturated rings. The Morgan fingerprint density at radius 2 is 1.89 bits per heavy atom. The van der Waals surface area contributed by atoms with E-state index < -0.39 is 5.97 Å². The average molecular weight is 512 g/mol. The number of carbonyl (C=O) groups is 2. The number of nitrogens with zero attached hydrogens (tertiary/aromatic N) is 2. The van der Waals surface area contributed by atoms with E-state index in [2.05, 4.69) is 31.1 Å². The van der Waals surface area contributed by atoms with E-state index in [0.29, 0.717) is 40.3 Å². The number of halogens is 1. The van der Waals surface area contributed by atoms with Gasteiger partial charge in [-0.1, -0.05) is 38.4 Å². The Morgan fingerprint density at radius 3 is 2.50 bits per heavy atom. The van der Waals surface area contributed by atoms with Gasteiger partial charge in [0.1, 0.15) is 6.33 Å².